The fourth-order valence-electron chi connectivity index (χ4n) is 4.21. The Kier molecular flexibility index (Phi) is 4.61. The van der Waals surface area contributed by atoms with Gasteiger partial charge in [0.15, 0.2) is 0 Å². The van der Waals surface area contributed by atoms with Gasteiger partial charge in [-0.15, -0.1) is 11.3 Å². The SMILES string of the molecule is O=C(CCn1ccc2ccccc21)N1CCCCC1c1nc2ccccc2s1. The van der Waals surface area contributed by atoms with E-state index in [9.17, 15) is 4.79 Å². The monoisotopic (exact) mass is 389 g/mol. The zero-order chi connectivity index (χ0) is 18.9. The Bertz CT molecular complexity index is 1100. The lowest BCUT2D eigenvalue weighted by molar-refractivity contribution is -0.135. The number of thiazole rings is 1. The van der Waals surface area contributed by atoms with Crippen LogP contribution in [0, 0.1) is 0 Å². The fraction of sp³-hybridized carbons (Fsp3) is 0.304. The van der Waals surface area contributed by atoms with E-state index in [0.29, 0.717) is 6.42 Å². The summed E-state index contributed by atoms with van der Waals surface area (Å²) in [6, 6.07) is 18.8. The first-order valence-electron chi connectivity index (χ1n) is 9.98. The maximum Gasteiger partial charge on any atom is 0.224 e. The second kappa shape index (κ2) is 7.40. The van der Waals surface area contributed by atoms with Crippen molar-refractivity contribution in [2.45, 2.75) is 38.3 Å². The fourth-order valence-corrected chi connectivity index (χ4v) is 5.33. The number of benzene rings is 2. The van der Waals surface area contributed by atoms with Crippen LogP contribution in [0.15, 0.2) is 60.8 Å². The molecule has 142 valence electrons. The first kappa shape index (κ1) is 17.4. The maximum absolute atomic E-state index is 13.1. The Labute approximate surface area is 168 Å². The van der Waals surface area contributed by atoms with Gasteiger partial charge in [0.2, 0.25) is 5.91 Å². The van der Waals surface area contributed by atoms with Gasteiger partial charge >= 0.3 is 0 Å². The molecule has 1 amide bonds. The van der Waals surface area contributed by atoms with Gasteiger partial charge in [-0.2, -0.15) is 0 Å². The number of carbonyl (C=O) groups excluding carboxylic acids is 1. The van der Waals surface area contributed by atoms with Crippen molar-refractivity contribution in [1.82, 2.24) is 14.5 Å². The Morgan fingerprint density at radius 3 is 2.86 bits per heavy atom. The first-order valence-corrected chi connectivity index (χ1v) is 10.8. The number of aryl methyl sites for hydroxylation is 1. The quantitative estimate of drug-likeness (QED) is 0.469. The van der Waals surface area contributed by atoms with Crippen LogP contribution in [0.3, 0.4) is 0 Å². The van der Waals surface area contributed by atoms with Gasteiger partial charge in [0, 0.05) is 31.2 Å². The minimum Gasteiger partial charge on any atom is -0.347 e. The average molecular weight is 390 g/mol. The summed E-state index contributed by atoms with van der Waals surface area (Å²) < 4.78 is 3.39. The maximum atomic E-state index is 13.1. The predicted octanol–water partition coefficient (Wildman–Crippen LogP) is 5.39. The molecule has 1 fully saturated rings. The minimum absolute atomic E-state index is 0.125. The predicted molar refractivity (Wildman–Crippen MR) is 114 cm³/mol. The van der Waals surface area contributed by atoms with Gasteiger partial charge in [0.1, 0.15) is 5.01 Å². The van der Waals surface area contributed by atoms with Gasteiger partial charge in [-0.05, 0) is 48.9 Å². The highest BCUT2D eigenvalue weighted by atomic mass is 32.1. The second-order valence-electron chi connectivity index (χ2n) is 7.44. The molecule has 1 saturated heterocycles. The largest absolute Gasteiger partial charge is 0.347 e. The Balaban J connectivity index is 1.34. The molecule has 5 heteroatoms. The van der Waals surface area contributed by atoms with E-state index in [1.165, 1.54) is 15.6 Å². The normalized spacial score (nSPS) is 17.4. The smallest absolute Gasteiger partial charge is 0.224 e. The molecule has 2 aromatic carbocycles. The van der Waals surface area contributed by atoms with Crippen molar-refractivity contribution in [2.24, 2.45) is 0 Å². The van der Waals surface area contributed by atoms with Gasteiger partial charge in [-0.1, -0.05) is 30.3 Å². The summed E-state index contributed by atoms with van der Waals surface area (Å²) in [5.41, 5.74) is 2.23. The summed E-state index contributed by atoms with van der Waals surface area (Å²) >= 11 is 1.73. The molecule has 1 aliphatic heterocycles. The van der Waals surface area contributed by atoms with Crippen molar-refractivity contribution in [3.63, 3.8) is 0 Å². The third kappa shape index (κ3) is 3.20. The summed E-state index contributed by atoms with van der Waals surface area (Å²) in [5, 5.41) is 2.31. The molecular formula is C23H23N3OS. The van der Waals surface area contributed by atoms with E-state index in [2.05, 4.69) is 58.1 Å². The average Bonchev–Trinajstić information content (AvgIpc) is 3.36. The van der Waals surface area contributed by atoms with Crippen LogP contribution < -0.4 is 0 Å². The van der Waals surface area contributed by atoms with Crippen LogP contribution in [0.2, 0.25) is 0 Å². The van der Waals surface area contributed by atoms with Crippen LogP contribution in [0.1, 0.15) is 36.7 Å². The molecular weight excluding hydrogens is 366 g/mol. The zero-order valence-electron chi connectivity index (χ0n) is 15.8. The number of nitrogens with zero attached hydrogens (tertiary/aromatic N) is 3. The number of fused-ring (bicyclic) bond motifs is 2. The second-order valence-corrected chi connectivity index (χ2v) is 8.50. The third-order valence-electron chi connectivity index (χ3n) is 5.67. The van der Waals surface area contributed by atoms with Gasteiger partial charge in [-0.3, -0.25) is 4.79 Å². The lowest BCUT2D eigenvalue weighted by Crippen LogP contribution is -2.38. The van der Waals surface area contributed by atoms with Gasteiger partial charge in [-0.25, -0.2) is 4.98 Å². The molecule has 5 rings (SSSR count). The van der Waals surface area contributed by atoms with E-state index in [4.69, 9.17) is 4.98 Å². The Morgan fingerprint density at radius 1 is 1.07 bits per heavy atom. The van der Waals surface area contributed by atoms with Crippen molar-refractivity contribution in [1.29, 1.82) is 0 Å². The highest BCUT2D eigenvalue weighted by Crippen LogP contribution is 2.36. The molecule has 28 heavy (non-hydrogen) atoms. The molecule has 0 bridgehead atoms. The van der Waals surface area contributed by atoms with E-state index in [1.807, 2.05) is 12.1 Å². The van der Waals surface area contributed by atoms with Crippen LogP contribution in [0.25, 0.3) is 21.1 Å². The topological polar surface area (TPSA) is 38.1 Å². The number of hydrogen-bond acceptors (Lipinski definition) is 3. The minimum atomic E-state index is 0.125. The van der Waals surface area contributed by atoms with Crippen molar-refractivity contribution >= 4 is 38.4 Å². The molecule has 4 nitrogen and oxygen atoms in total. The van der Waals surface area contributed by atoms with Crippen LogP contribution in [0.4, 0.5) is 0 Å². The molecule has 0 aliphatic carbocycles. The Hall–Kier alpha value is -2.66. The van der Waals surface area contributed by atoms with E-state index in [-0.39, 0.29) is 11.9 Å². The highest BCUT2D eigenvalue weighted by Gasteiger charge is 2.30. The lowest BCUT2D eigenvalue weighted by atomic mass is 10.0. The van der Waals surface area contributed by atoms with Gasteiger partial charge in [0.25, 0.3) is 0 Å². The van der Waals surface area contributed by atoms with E-state index >= 15 is 0 Å². The molecule has 0 N–H and O–H groups in total. The van der Waals surface area contributed by atoms with Gasteiger partial charge < -0.3 is 9.47 Å². The summed E-state index contributed by atoms with van der Waals surface area (Å²) in [6.07, 6.45) is 5.86. The summed E-state index contributed by atoms with van der Waals surface area (Å²) in [7, 11) is 0. The summed E-state index contributed by atoms with van der Waals surface area (Å²) in [5.74, 6) is 0.238. The Morgan fingerprint density at radius 2 is 1.93 bits per heavy atom. The van der Waals surface area contributed by atoms with Crippen LogP contribution in [-0.4, -0.2) is 26.9 Å². The molecule has 0 spiro atoms. The molecule has 0 radical (unpaired) electrons. The van der Waals surface area contributed by atoms with Gasteiger partial charge in [0.05, 0.1) is 16.3 Å². The number of hydrogen-bond donors (Lipinski definition) is 0. The van der Waals surface area contributed by atoms with Crippen LogP contribution in [-0.2, 0) is 11.3 Å². The van der Waals surface area contributed by atoms with Crippen molar-refractivity contribution < 1.29 is 4.79 Å². The lowest BCUT2D eigenvalue weighted by Gasteiger charge is -2.34. The van der Waals surface area contributed by atoms with Crippen molar-refractivity contribution in [3.8, 4) is 0 Å². The molecule has 2 aromatic heterocycles. The number of likely N-dealkylation sites (tertiary alicyclic amines) is 1. The summed E-state index contributed by atoms with van der Waals surface area (Å²) in [6.45, 7) is 1.56. The number of para-hydroxylation sites is 2. The highest BCUT2D eigenvalue weighted by molar-refractivity contribution is 7.18. The van der Waals surface area contributed by atoms with E-state index in [0.717, 1.165) is 42.9 Å². The van der Waals surface area contributed by atoms with E-state index in [1.54, 1.807) is 11.3 Å². The first-order chi connectivity index (χ1) is 13.8. The number of carbonyl (C=O) groups is 1. The zero-order valence-corrected chi connectivity index (χ0v) is 16.6. The molecule has 1 aliphatic rings. The standard InChI is InChI=1S/C23H23N3OS/c27-22(13-16-25-15-12-17-7-1-3-9-19(17)25)26-14-6-5-10-20(26)23-24-18-8-2-4-11-21(18)28-23/h1-4,7-9,11-12,15,20H,5-6,10,13-14,16H2. The molecule has 0 saturated carbocycles. The third-order valence-corrected chi connectivity index (χ3v) is 6.80. The number of rotatable bonds is 4. The molecule has 3 heterocycles. The number of piperidine rings is 1. The molecule has 4 aromatic rings. The summed E-state index contributed by atoms with van der Waals surface area (Å²) in [4.78, 5) is 20.0. The van der Waals surface area contributed by atoms with E-state index < -0.39 is 0 Å². The molecule has 1 unspecified atom stereocenters. The van der Waals surface area contributed by atoms with Crippen molar-refractivity contribution in [2.75, 3.05) is 6.54 Å². The van der Waals surface area contributed by atoms with Crippen LogP contribution >= 0.6 is 11.3 Å². The number of amides is 1. The van der Waals surface area contributed by atoms with Crippen LogP contribution in [0.5, 0.6) is 0 Å². The number of aromatic nitrogens is 2. The van der Waals surface area contributed by atoms with Crippen molar-refractivity contribution in [3.05, 3.63) is 65.8 Å². The molecule has 1 atom stereocenters.